The molecule has 0 unspecified atom stereocenters. The van der Waals surface area contributed by atoms with Gasteiger partial charge in [-0.05, 0) is 30.5 Å². The van der Waals surface area contributed by atoms with Crippen LogP contribution in [0.1, 0.15) is 18.4 Å². The molecule has 19 heavy (non-hydrogen) atoms. The Balaban J connectivity index is 0.000000550. The van der Waals surface area contributed by atoms with Crippen LogP contribution in [0.15, 0.2) is 24.3 Å². The average Bonchev–Trinajstić information content (AvgIpc) is 3.09. The molecule has 2 rings (SSSR count). The van der Waals surface area contributed by atoms with Crippen molar-refractivity contribution in [3.8, 4) is 5.75 Å². The van der Waals surface area contributed by atoms with E-state index in [4.69, 9.17) is 9.90 Å². The van der Waals surface area contributed by atoms with E-state index < -0.39 is 6.36 Å². The Labute approximate surface area is 108 Å². The van der Waals surface area contributed by atoms with E-state index in [0.29, 0.717) is 12.6 Å². The molecule has 0 aliphatic heterocycles. The largest absolute Gasteiger partial charge is 0.573 e. The summed E-state index contributed by atoms with van der Waals surface area (Å²) in [5, 5.41) is 10.1. The van der Waals surface area contributed by atoms with Crippen LogP contribution in [0.2, 0.25) is 0 Å². The number of hydrogen-bond acceptors (Lipinski definition) is 3. The second-order valence-corrected chi connectivity index (χ2v) is 3.96. The molecule has 0 bridgehead atoms. The number of nitrogens with one attached hydrogen (secondary N) is 1. The van der Waals surface area contributed by atoms with Gasteiger partial charge in [0.1, 0.15) is 5.75 Å². The van der Waals surface area contributed by atoms with Crippen molar-refractivity contribution >= 4 is 6.47 Å². The van der Waals surface area contributed by atoms with Gasteiger partial charge in [-0.25, -0.2) is 0 Å². The zero-order chi connectivity index (χ0) is 14.3. The first-order chi connectivity index (χ1) is 8.94. The average molecular weight is 277 g/mol. The lowest BCUT2D eigenvalue weighted by Crippen LogP contribution is -2.18. The zero-order valence-corrected chi connectivity index (χ0v) is 9.98. The van der Waals surface area contributed by atoms with Crippen LogP contribution in [0.3, 0.4) is 0 Å². The van der Waals surface area contributed by atoms with Gasteiger partial charge < -0.3 is 15.2 Å². The third-order valence-corrected chi connectivity index (χ3v) is 2.30. The maximum atomic E-state index is 12.0. The Hall–Kier alpha value is -1.76. The van der Waals surface area contributed by atoms with Crippen molar-refractivity contribution < 1.29 is 27.8 Å². The van der Waals surface area contributed by atoms with Crippen LogP contribution in [0.25, 0.3) is 0 Å². The lowest BCUT2D eigenvalue weighted by molar-refractivity contribution is -0.274. The molecule has 4 nitrogen and oxygen atoms in total. The maximum absolute atomic E-state index is 12.0. The number of ether oxygens (including phenoxy) is 1. The minimum absolute atomic E-state index is 0.164. The highest BCUT2D eigenvalue weighted by atomic mass is 19.4. The molecule has 1 aliphatic rings. The van der Waals surface area contributed by atoms with Crippen molar-refractivity contribution in [1.29, 1.82) is 0 Å². The van der Waals surface area contributed by atoms with Crippen molar-refractivity contribution in [2.24, 2.45) is 0 Å². The monoisotopic (exact) mass is 277 g/mol. The van der Waals surface area contributed by atoms with Crippen molar-refractivity contribution in [3.63, 3.8) is 0 Å². The molecular formula is C12H14F3NO3. The Morgan fingerprint density at radius 1 is 1.42 bits per heavy atom. The molecule has 0 atom stereocenters. The summed E-state index contributed by atoms with van der Waals surface area (Å²) in [6.45, 7) is 0.333. The highest BCUT2D eigenvalue weighted by Gasteiger charge is 2.31. The van der Waals surface area contributed by atoms with Crippen LogP contribution in [-0.2, 0) is 11.3 Å². The molecule has 0 amide bonds. The minimum Gasteiger partial charge on any atom is -0.483 e. The fourth-order valence-corrected chi connectivity index (χ4v) is 1.40. The van der Waals surface area contributed by atoms with Crippen LogP contribution in [0.5, 0.6) is 5.75 Å². The maximum Gasteiger partial charge on any atom is 0.573 e. The fourth-order valence-electron chi connectivity index (χ4n) is 1.40. The Bertz CT molecular complexity index is 405. The predicted molar refractivity (Wildman–Crippen MR) is 61.7 cm³/mol. The molecule has 0 radical (unpaired) electrons. The van der Waals surface area contributed by atoms with E-state index in [1.807, 2.05) is 0 Å². The van der Waals surface area contributed by atoms with Gasteiger partial charge in [0.2, 0.25) is 0 Å². The summed E-state index contributed by atoms with van der Waals surface area (Å²) in [5.74, 6) is -0.164. The summed E-state index contributed by atoms with van der Waals surface area (Å²) in [6, 6.07) is 6.58. The van der Waals surface area contributed by atoms with Gasteiger partial charge in [0, 0.05) is 12.6 Å². The SMILES string of the molecule is FC(F)(F)Oc1cccc(CNC2CC2)c1.O=CO. The molecule has 2 N–H and O–H groups in total. The summed E-state index contributed by atoms with van der Waals surface area (Å²) in [7, 11) is 0. The quantitative estimate of drug-likeness (QED) is 0.830. The van der Waals surface area contributed by atoms with Crippen molar-refractivity contribution in [2.45, 2.75) is 31.8 Å². The highest BCUT2D eigenvalue weighted by Crippen LogP contribution is 2.24. The van der Waals surface area contributed by atoms with Crippen LogP contribution in [0, 0.1) is 0 Å². The number of carbonyl (C=O) groups is 1. The molecule has 1 aromatic carbocycles. The molecule has 7 heteroatoms. The normalized spacial score (nSPS) is 14.3. The van der Waals surface area contributed by atoms with Gasteiger partial charge >= 0.3 is 6.36 Å². The molecule has 0 heterocycles. The molecule has 1 saturated carbocycles. The van der Waals surface area contributed by atoms with Gasteiger partial charge in [0.15, 0.2) is 0 Å². The summed E-state index contributed by atoms with van der Waals surface area (Å²) >= 11 is 0. The number of benzene rings is 1. The minimum atomic E-state index is -4.62. The molecule has 1 fully saturated rings. The van der Waals surface area contributed by atoms with E-state index in [2.05, 4.69) is 10.1 Å². The van der Waals surface area contributed by atoms with Gasteiger partial charge in [0.25, 0.3) is 6.47 Å². The standard InChI is InChI=1S/C11H12F3NO.CH2O2/c12-11(13,14)16-10-3-1-2-8(6-10)7-15-9-4-5-9;2-1-3/h1-3,6,9,15H,4-5,7H2;1H,(H,2,3). The van der Waals surface area contributed by atoms with E-state index in [0.717, 1.165) is 18.4 Å². The third-order valence-electron chi connectivity index (χ3n) is 2.30. The summed E-state index contributed by atoms with van der Waals surface area (Å²) < 4.78 is 39.7. The summed E-state index contributed by atoms with van der Waals surface area (Å²) in [4.78, 5) is 8.36. The second-order valence-electron chi connectivity index (χ2n) is 3.96. The topological polar surface area (TPSA) is 58.6 Å². The van der Waals surface area contributed by atoms with E-state index in [1.165, 1.54) is 12.1 Å². The summed E-state index contributed by atoms with van der Waals surface area (Å²) in [5.41, 5.74) is 0.800. The van der Waals surface area contributed by atoms with Crippen LogP contribution < -0.4 is 10.1 Å². The summed E-state index contributed by atoms with van der Waals surface area (Å²) in [6.07, 6.45) is -2.32. The number of halogens is 3. The van der Waals surface area contributed by atoms with E-state index in [9.17, 15) is 13.2 Å². The third kappa shape index (κ3) is 7.30. The Morgan fingerprint density at radius 2 is 2.05 bits per heavy atom. The smallest absolute Gasteiger partial charge is 0.483 e. The van der Waals surface area contributed by atoms with Gasteiger partial charge in [-0.3, -0.25) is 4.79 Å². The van der Waals surface area contributed by atoms with Gasteiger partial charge in [-0.1, -0.05) is 12.1 Å². The van der Waals surface area contributed by atoms with Crippen molar-refractivity contribution in [3.05, 3.63) is 29.8 Å². The van der Waals surface area contributed by atoms with Crippen LogP contribution in [0.4, 0.5) is 13.2 Å². The number of hydrogen-bond donors (Lipinski definition) is 2. The molecule has 1 aromatic rings. The molecule has 1 aliphatic carbocycles. The van der Waals surface area contributed by atoms with Gasteiger partial charge in [0.05, 0.1) is 0 Å². The zero-order valence-electron chi connectivity index (χ0n) is 9.98. The number of carboxylic acid groups (broad SMARTS) is 1. The number of alkyl halides is 3. The molecular weight excluding hydrogens is 263 g/mol. The van der Waals surface area contributed by atoms with Crippen LogP contribution >= 0.6 is 0 Å². The van der Waals surface area contributed by atoms with Crippen molar-refractivity contribution in [2.75, 3.05) is 0 Å². The molecule has 106 valence electrons. The Morgan fingerprint density at radius 3 is 2.58 bits per heavy atom. The first-order valence-electron chi connectivity index (χ1n) is 5.60. The van der Waals surface area contributed by atoms with E-state index >= 15 is 0 Å². The lowest BCUT2D eigenvalue weighted by Gasteiger charge is -2.10. The molecule has 0 saturated heterocycles. The van der Waals surface area contributed by atoms with E-state index in [1.54, 1.807) is 12.1 Å². The Kier molecular flexibility index (Phi) is 5.62. The number of rotatable bonds is 4. The van der Waals surface area contributed by atoms with Crippen molar-refractivity contribution in [1.82, 2.24) is 5.32 Å². The van der Waals surface area contributed by atoms with Gasteiger partial charge in [-0.2, -0.15) is 0 Å². The lowest BCUT2D eigenvalue weighted by atomic mass is 10.2. The molecule has 0 spiro atoms. The first-order valence-corrected chi connectivity index (χ1v) is 5.60. The van der Waals surface area contributed by atoms with Gasteiger partial charge in [-0.15, -0.1) is 13.2 Å². The highest BCUT2D eigenvalue weighted by molar-refractivity contribution is 5.32. The van der Waals surface area contributed by atoms with Crippen LogP contribution in [-0.4, -0.2) is 24.0 Å². The predicted octanol–water partition coefficient (Wildman–Crippen LogP) is 2.54. The van der Waals surface area contributed by atoms with E-state index in [-0.39, 0.29) is 12.2 Å². The fraction of sp³-hybridized carbons (Fsp3) is 0.417. The first kappa shape index (κ1) is 15.3. The second kappa shape index (κ2) is 6.98. The molecule has 0 aromatic heterocycles.